The molecule has 2 aliphatic rings. The lowest BCUT2D eigenvalue weighted by atomic mass is 10.1. The Hall–Kier alpha value is -1.41. The van der Waals surface area contributed by atoms with Crippen LogP contribution in [0.2, 0.25) is 0 Å². The van der Waals surface area contributed by atoms with Crippen molar-refractivity contribution in [3.05, 3.63) is 29.6 Å². The van der Waals surface area contributed by atoms with Gasteiger partial charge >= 0.3 is 0 Å². The minimum Gasteiger partial charge on any atom is -0.315 e. The number of carbonyl (C=O) groups excluding carboxylic acids is 1. The topological polar surface area (TPSA) is 66.8 Å². The number of aliphatic imine (C=N–C) groups is 1. The molecule has 0 radical (unpaired) electrons. The number of amides is 1. The summed E-state index contributed by atoms with van der Waals surface area (Å²) in [6, 6.07) is 4.44. The van der Waals surface area contributed by atoms with Gasteiger partial charge in [0.25, 0.3) is 5.91 Å². The van der Waals surface area contributed by atoms with Crippen molar-refractivity contribution < 1.29 is 17.6 Å². The van der Waals surface area contributed by atoms with Crippen molar-refractivity contribution >= 4 is 38.4 Å². The van der Waals surface area contributed by atoms with E-state index in [-0.39, 0.29) is 40.4 Å². The van der Waals surface area contributed by atoms with Gasteiger partial charge in [-0.05, 0) is 24.6 Å². The molecule has 1 aromatic rings. The Labute approximate surface area is 145 Å². The van der Waals surface area contributed by atoms with E-state index in [1.165, 1.54) is 17.8 Å². The predicted octanol–water partition coefficient (Wildman–Crippen LogP) is 2.39. The Bertz CT molecular complexity index is 821. The average Bonchev–Trinajstić information content (AvgIpc) is 2.93. The van der Waals surface area contributed by atoms with Crippen molar-refractivity contribution in [3.63, 3.8) is 0 Å². The minimum absolute atomic E-state index is 0.00491. The molecular formula is C16H19FN2O3S2. The molecule has 24 heavy (non-hydrogen) atoms. The summed E-state index contributed by atoms with van der Waals surface area (Å²) in [5, 5.41) is 0.278. The van der Waals surface area contributed by atoms with Gasteiger partial charge in [0.05, 0.1) is 17.5 Å². The van der Waals surface area contributed by atoms with E-state index in [0.29, 0.717) is 16.4 Å². The SMILES string of the molecule is Cc1ccc(N2C(=NC(=O)C(C)C)SC3CS(=O)(=O)CC32)cc1F. The molecule has 5 nitrogen and oxygen atoms in total. The van der Waals surface area contributed by atoms with Crippen LogP contribution in [-0.2, 0) is 14.6 Å². The third-order valence-corrected chi connectivity index (χ3v) is 7.41. The summed E-state index contributed by atoms with van der Waals surface area (Å²) in [6.07, 6.45) is 0. The van der Waals surface area contributed by atoms with Gasteiger partial charge in [-0.25, -0.2) is 12.8 Å². The fourth-order valence-corrected chi connectivity index (χ4v) is 6.74. The Morgan fingerprint density at radius 1 is 1.38 bits per heavy atom. The fraction of sp³-hybridized carbons (Fsp3) is 0.500. The van der Waals surface area contributed by atoms with Gasteiger partial charge < -0.3 is 4.90 Å². The number of nitrogens with zero attached hydrogens (tertiary/aromatic N) is 2. The Kier molecular flexibility index (Phi) is 4.46. The molecule has 2 heterocycles. The molecule has 2 saturated heterocycles. The molecule has 130 valence electrons. The van der Waals surface area contributed by atoms with Gasteiger partial charge in [0.1, 0.15) is 5.82 Å². The first-order valence-electron chi connectivity index (χ1n) is 7.73. The molecule has 0 spiro atoms. The summed E-state index contributed by atoms with van der Waals surface area (Å²) in [4.78, 5) is 17.9. The largest absolute Gasteiger partial charge is 0.315 e. The number of thioether (sulfide) groups is 1. The van der Waals surface area contributed by atoms with Crippen LogP contribution in [0.15, 0.2) is 23.2 Å². The number of hydrogen-bond donors (Lipinski definition) is 0. The van der Waals surface area contributed by atoms with Crippen LogP contribution < -0.4 is 4.90 Å². The predicted molar refractivity (Wildman–Crippen MR) is 94.7 cm³/mol. The van der Waals surface area contributed by atoms with Crippen molar-refractivity contribution in [2.75, 3.05) is 16.4 Å². The molecule has 2 fully saturated rings. The minimum atomic E-state index is -3.13. The number of benzene rings is 1. The molecule has 8 heteroatoms. The Morgan fingerprint density at radius 2 is 2.08 bits per heavy atom. The maximum absolute atomic E-state index is 14.0. The maximum Gasteiger partial charge on any atom is 0.250 e. The van der Waals surface area contributed by atoms with E-state index < -0.39 is 9.84 Å². The van der Waals surface area contributed by atoms with Gasteiger partial charge in [0.2, 0.25) is 0 Å². The number of fused-ring (bicyclic) bond motifs is 1. The summed E-state index contributed by atoms with van der Waals surface area (Å²) in [6.45, 7) is 5.18. The van der Waals surface area contributed by atoms with Crippen LogP contribution in [0.3, 0.4) is 0 Å². The molecular weight excluding hydrogens is 351 g/mol. The van der Waals surface area contributed by atoms with Crippen molar-refractivity contribution in [1.29, 1.82) is 0 Å². The highest BCUT2D eigenvalue weighted by molar-refractivity contribution is 8.16. The molecule has 1 aromatic carbocycles. The summed E-state index contributed by atoms with van der Waals surface area (Å²) in [7, 11) is -3.13. The van der Waals surface area contributed by atoms with Gasteiger partial charge in [-0.15, -0.1) is 0 Å². The molecule has 0 N–H and O–H groups in total. The van der Waals surface area contributed by atoms with Crippen molar-refractivity contribution in [3.8, 4) is 0 Å². The zero-order valence-corrected chi connectivity index (χ0v) is 15.3. The Balaban J connectivity index is 2.04. The van der Waals surface area contributed by atoms with E-state index in [1.807, 2.05) is 0 Å². The average molecular weight is 370 g/mol. The Morgan fingerprint density at radius 3 is 2.71 bits per heavy atom. The van der Waals surface area contributed by atoms with E-state index in [1.54, 1.807) is 37.8 Å². The molecule has 0 aliphatic carbocycles. The molecule has 2 aliphatic heterocycles. The van der Waals surface area contributed by atoms with Gasteiger partial charge in [0, 0.05) is 16.9 Å². The van der Waals surface area contributed by atoms with Gasteiger partial charge in [0.15, 0.2) is 15.0 Å². The summed E-state index contributed by atoms with van der Waals surface area (Å²) < 4.78 is 37.9. The molecule has 0 saturated carbocycles. The van der Waals surface area contributed by atoms with E-state index in [0.717, 1.165) is 0 Å². The molecule has 3 rings (SSSR count). The first kappa shape index (κ1) is 17.4. The van der Waals surface area contributed by atoms with Gasteiger partial charge in [-0.3, -0.25) is 4.79 Å². The highest BCUT2D eigenvalue weighted by Gasteiger charge is 2.49. The summed E-state index contributed by atoms with van der Waals surface area (Å²) >= 11 is 1.30. The van der Waals surface area contributed by atoms with Crippen molar-refractivity contribution in [2.24, 2.45) is 10.9 Å². The van der Waals surface area contributed by atoms with E-state index in [9.17, 15) is 17.6 Å². The number of carbonyl (C=O) groups is 1. The molecule has 0 aromatic heterocycles. The smallest absolute Gasteiger partial charge is 0.250 e. The summed E-state index contributed by atoms with van der Waals surface area (Å²) in [5.41, 5.74) is 1.04. The highest BCUT2D eigenvalue weighted by Crippen LogP contribution is 2.41. The van der Waals surface area contributed by atoms with Crippen LogP contribution in [0.25, 0.3) is 0 Å². The second-order valence-corrected chi connectivity index (χ2v) is 9.85. The van der Waals surface area contributed by atoms with E-state index in [2.05, 4.69) is 4.99 Å². The van der Waals surface area contributed by atoms with Gasteiger partial charge in [-0.1, -0.05) is 31.7 Å². The van der Waals surface area contributed by atoms with Crippen LogP contribution >= 0.6 is 11.8 Å². The van der Waals surface area contributed by atoms with E-state index in [4.69, 9.17) is 0 Å². The number of amidine groups is 1. The number of halogens is 1. The number of anilines is 1. The monoisotopic (exact) mass is 370 g/mol. The normalized spacial score (nSPS) is 27.0. The van der Waals surface area contributed by atoms with E-state index >= 15 is 0 Å². The second kappa shape index (κ2) is 6.15. The van der Waals surface area contributed by atoms with Crippen LogP contribution in [0.5, 0.6) is 0 Å². The van der Waals surface area contributed by atoms with Crippen LogP contribution in [0.4, 0.5) is 10.1 Å². The first-order chi connectivity index (χ1) is 11.2. The number of sulfone groups is 1. The summed E-state index contributed by atoms with van der Waals surface area (Å²) in [5.74, 6) is -0.829. The number of hydrogen-bond acceptors (Lipinski definition) is 4. The first-order valence-corrected chi connectivity index (χ1v) is 10.4. The van der Waals surface area contributed by atoms with Crippen LogP contribution in [0.1, 0.15) is 19.4 Å². The van der Waals surface area contributed by atoms with Crippen molar-refractivity contribution in [2.45, 2.75) is 32.1 Å². The lowest BCUT2D eigenvalue weighted by molar-refractivity contribution is -0.120. The number of aryl methyl sites for hydroxylation is 1. The van der Waals surface area contributed by atoms with Crippen LogP contribution in [-0.4, -0.2) is 42.3 Å². The van der Waals surface area contributed by atoms with Crippen molar-refractivity contribution in [1.82, 2.24) is 0 Å². The number of rotatable bonds is 2. The lowest BCUT2D eigenvalue weighted by Crippen LogP contribution is -2.38. The zero-order valence-electron chi connectivity index (χ0n) is 13.7. The zero-order chi connectivity index (χ0) is 17.6. The maximum atomic E-state index is 14.0. The fourth-order valence-electron chi connectivity index (χ4n) is 2.82. The highest BCUT2D eigenvalue weighted by atomic mass is 32.2. The standard InChI is InChI=1S/C16H19FN2O3S2/c1-9(2)15(20)18-16-19(11-5-4-10(3)12(17)6-11)13-7-24(21,22)8-14(13)23-16/h4-6,9,13-14H,7-8H2,1-3H3. The van der Waals surface area contributed by atoms with Gasteiger partial charge in [-0.2, -0.15) is 4.99 Å². The molecule has 1 amide bonds. The molecule has 0 bridgehead atoms. The quantitative estimate of drug-likeness (QED) is 0.800. The lowest BCUT2D eigenvalue weighted by Gasteiger charge is -2.24. The molecule has 2 atom stereocenters. The third kappa shape index (κ3) is 3.21. The second-order valence-electron chi connectivity index (χ2n) is 6.49. The van der Waals surface area contributed by atoms with Crippen LogP contribution in [0, 0.1) is 18.7 Å². The molecule has 2 unspecified atom stereocenters. The third-order valence-electron chi connectivity index (χ3n) is 4.20.